The van der Waals surface area contributed by atoms with Crippen LogP contribution in [-0.4, -0.2) is 26.3 Å². The van der Waals surface area contributed by atoms with Crippen LogP contribution in [0.4, 0.5) is 0 Å². The van der Waals surface area contributed by atoms with E-state index in [2.05, 4.69) is 45.5 Å². The van der Waals surface area contributed by atoms with Crippen LogP contribution >= 0.6 is 15.9 Å². The van der Waals surface area contributed by atoms with E-state index < -0.39 is 0 Å². The Labute approximate surface area is 130 Å². The molecular weight excluding hydrogens is 314 g/mol. The third-order valence-corrected chi connectivity index (χ3v) is 5.76. The molecule has 3 rings (SSSR count). The van der Waals surface area contributed by atoms with Gasteiger partial charge >= 0.3 is 0 Å². The van der Waals surface area contributed by atoms with Crippen LogP contribution in [0.2, 0.25) is 0 Å². The SMILES string of the molecule is COCCC1(CNC2CC(c3ccccc3Br)C2)CC1. The standard InChI is InChI=1S/C17H24BrNO/c1-20-9-8-17(6-7-17)12-19-14-10-13(11-14)15-4-2-3-5-16(15)18/h2-5,13-14,19H,6-12H2,1H3. The Morgan fingerprint density at radius 2 is 2.05 bits per heavy atom. The van der Waals surface area contributed by atoms with Crippen LogP contribution in [-0.2, 0) is 4.74 Å². The predicted octanol–water partition coefficient (Wildman–Crippen LogP) is 4.10. The van der Waals surface area contributed by atoms with Gasteiger partial charge < -0.3 is 10.1 Å². The number of rotatable bonds is 7. The maximum Gasteiger partial charge on any atom is 0.0468 e. The molecule has 1 aromatic rings. The van der Waals surface area contributed by atoms with Crippen molar-refractivity contribution in [3.05, 3.63) is 34.3 Å². The van der Waals surface area contributed by atoms with Gasteiger partial charge in [-0.3, -0.25) is 0 Å². The minimum absolute atomic E-state index is 0.564. The van der Waals surface area contributed by atoms with E-state index in [-0.39, 0.29) is 0 Å². The average molecular weight is 338 g/mol. The molecular formula is C17H24BrNO. The summed E-state index contributed by atoms with van der Waals surface area (Å²) in [6, 6.07) is 9.36. The first-order valence-corrected chi connectivity index (χ1v) is 8.48. The largest absolute Gasteiger partial charge is 0.385 e. The second kappa shape index (κ2) is 6.17. The zero-order chi connectivity index (χ0) is 14.0. The number of hydrogen-bond donors (Lipinski definition) is 1. The normalized spacial score (nSPS) is 27.1. The molecule has 0 heterocycles. The van der Waals surface area contributed by atoms with Crippen LogP contribution in [0.5, 0.6) is 0 Å². The van der Waals surface area contributed by atoms with E-state index in [9.17, 15) is 0 Å². The lowest BCUT2D eigenvalue weighted by Crippen LogP contribution is -2.42. The fourth-order valence-electron chi connectivity index (χ4n) is 3.22. The number of halogens is 1. The van der Waals surface area contributed by atoms with Gasteiger partial charge in [-0.25, -0.2) is 0 Å². The molecule has 0 aliphatic heterocycles. The van der Waals surface area contributed by atoms with Gasteiger partial charge in [0.05, 0.1) is 0 Å². The second-order valence-corrected chi connectivity index (χ2v) is 7.36. The van der Waals surface area contributed by atoms with Gasteiger partial charge in [-0.05, 0) is 55.1 Å². The molecule has 1 N–H and O–H groups in total. The highest BCUT2D eigenvalue weighted by Crippen LogP contribution is 2.49. The molecule has 2 saturated carbocycles. The zero-order valence-corrected chi connectivity index (χ0v) is 13.8. The van der Waals surface area contributed by atoms with E-state index in [0.717, 1.165) is 12.5 Å². The molecule has 0 bridgehead atoms. The van der Waals surface area contributed by atoms with Gasteiger partial charge in [0, 0.05) is 30.8 Å². The molecule has 0 unspecified atom stereocenters. The molecule has 1 aromatic carbocycles. The van der Waals surface area contributed by atoms with Crippen LogP contribution in [0.15, 0.2) is 28.7 Å². The van der Waals surface area contributed by atoms with Gasteiger partial charge in [0.25, 0.3) is 0 Å². The quantitative estimate of drug-likeness (QED) is 0.808. The van der Waals surface area contributed by atoms with E-state index in [1.807, 2.05) is 0 Å². The van der Waals surface area contributed by atoms with E-state index in [1.165, 1.54) is 48.7 Å². The molecule has 2 fully saturated rings. The minimum Gasteiger partial charge on any atom is -0.385 e. The fourth-order valence-corrected chi connectivity index (χ4v) is 3.82. The summed E-state index contributed by atoms with van der Waals surface area (Å²) in [6.07, 6.45) is 6.54. The monoisotopic (exact) mass is 337 g/mol. The lowest BCUT2D eigenvalue weighted by atomic mass is 9.75. The first-order valence-electron chi connectivity index (χ1n) is 7.69. The molecule has 2 aliphatic rings. The summed E-state index contributed by atoms with van der Waals surface area (Å²) in [7, 11) is 1.80. The van der Waals surface area contributed by atoms with Crippen molar-refractivity contribution in [1.82, 2.24) is 5.32 Å². The first-order chi connectivity index (χ1) is 9.72. The lowest BCUT2D eigenvalue weighted by Gasteiger charge is -2.38. The van der Waals surface area contributed by atoms with Gasteiger partial charge in [0.2, 0.25) is 0 Å². The van der Waals surface area contributed by atoms with Crippen LogP contribution in [0.3, 0.4) is 0 Å². The summed E-state index contributed by atoms with van der Waals surface area (Å²) in [4.78, 5) is 0. The van der Waals surface area contributed by atoms with Crippen molar-refractivity contribution in [3.8, 4) is 0 Å². The Bertz CT molecular complexity index is 452. The van der Waals surface area contributed by atoms with Crippen LogP contribution in [0.1, 0.15) is 43.6 Å². The molecule has 0 atom stereocenters. The van der Waals surface area contributed by atoms with Crippen molar-refractivity contribution in [3.63, 3.8) is 0 Å². The highest BCUT2D eigenvalue weighted by atomic mass is 79.9. The Morgan fingerprint density at radius 1 is 1.30 bits per heavy atom. The van der Waals surface area contributed by atoms with Crippen molar-refractivity contribution < 1.29 is 4.74 Å². The third kappa shape index (κ3) is 3.26. The molecule has 2 nitrogen and oxygen atoms in total. The summed E-state index contributed by atoms with van der Waals surface area (Å²) in [6.45, 7) is 2.09. The summed E-state index contributed by atoms with van der Waals surface area (Å²) >= 11 is 3.67. The van der Waals surface area contributed by atoms with E-state index >= 15 is 0 Å². The summed E-state index contributed by atoms with van der Waals surface area (Å²) in [5, 5.41) is 3.78. The Hall–Kier alpha value is -0.380. The van der Waals surface area contributed by atoms with Crippen LogP contribution in [0.25, 0.3) is 0 Å². The van der Waals surface area contributed by atoms with Gasteiger partial charge in [-0.2, -0.15) is 0 Å². The molecule has 0 radical (unpaired) electrons. The smallest absolute Gasteiger partial charge is 0.0468 e. The van der Waals surface area contributed by atoms with E-state index in [0.29, 0.717) is 11.5 Å². The molecule has 110 valence electrons. The van der Waals surface area contributed by atoms with Crippen molar-refractivity contribution >= 4 is 15.9 Å². The predicted molar refractivity (Wildman–Crippen MR) is 86.1 cm³/mol. The third-order valence-electron chi connectivity index (χ3n) is 5.04. The average Bonchev–Trinajstić information content (AvgIpc) is 3.17. The van der Waals surface area contributed by atoms with Crippen molar-refractivity contribution in [2.75, 3.05) is 20.3 Å². The Balaban J connectivity index is 1.42. The number of ether oxygens (including phenoxy) is 1. The van der Waals surface area contributed by atoms with Gasteiger partial charge in [0.1, 0.15) is 0 Å². The maximum absolute atomic E-state index is 5.22. The Kier molecular flexibility index (Phi) is 4.49. The minimum atomic E-state index is 0.564. The summed E-state index contributed by atoms with van der Waals surface area (Å²) in [5.41, 5.74) is 2.04. The number of nitrogens with one attached hydrogen (secondary N) is 1. The lowest BCUT2D eigenvalue weighted by molar-refractivity contribution is 0.166. The highest BCUT2D eigenvalue weighted by molar-refractivity contribution is 9.10. The molecule has 0 amide bonds. The van der Waals surface area contributed by atoms with E-state index in [4.69, 9.17) is 4.74 Å². The molecule has 2 aliphatic carbocycles. The molecule has 0 saturated heterocycles. The summed E-state index contributed by atoms with van der Waals surface area (Å²) in [5.74, 6) is 0.734. The molecule has 0 spiro atoms. The molecule has 20 heavy (non-hydrogen) atoms. The maximum atomic E-state index is 5.22. The van der Waals surface area contributed by atoms with Crippen molar-refractivity contribution in [1.29, 1.82) is 0 Å². The first kappa shape index (κ1) is 14.6. The van der Waals surface area contributed by atoms with Crippen molar-refractivity contribution in [2.45, 2.75) is 44.1 Å². The highest BCUT2D eigenvalue weighted by Gasteiger charge is 2.43. The van der Waals surface area contributed by atoms with E-state index in [1.54, 1.807) is 7.11 Å². The second-order valence-electron chi connectivity index (χ2n) is 6.51. The van der Waals surface area contributed by atoms with Crippen molar-refractivity contribution in [2.24, 2.45) is 5.41 Å². The number of hydrogen-bond acceptors (Lipinski definition) is 2. The van der Waals surface area contributed by atoms with Gasteiger partial charge in [-0.1, -0.05) is 34.1 Å². The number of benzene rings is 1. The fraction of sp³-hybridized carbons (Fsp3) is 0.647. The molecule has 0 aromatic heterocycles. The molecule has 3 heteroatoms. The zero-order valence-electron chi connectivity index (χ0n) is 12.2. The topological polar surface area (TPSA) is 21.3 Å². The summed E-state index contributed by atoms with van der Waals surface area (Å²) < 4.78 is 6.49. The van der Waals surface area contributed by atoms with Crippen LogP contribution in [0, 0.1) is 5.41 Å². The van der Waals surface area contributed by atoms with Crippen LogP contribution < -0.4 is 5.32 Å². The van der Waals surface area contributed by atoms with Gasteiger partial charge in [0.15, 0.2) is 0 Å². The Morgan fingerprint density at radius 3 is 2.70 bits per heavy atom. The van der Waals surface area contributed by atoms with Gasteiger partial charge in [-0.15, -0.1) is 0 Å². The number of methoxy groups -OCH3 is 1.